The highest BCUT2D eigenvalue weighted by atomic mass is 32.1. The van der Waals surface area contributed by atoms with Gasteiger partial charge in [-0.25, -0.2) is 4.98 Å². The average Bonchev–Trinajstić information content (AvgIpc) is 3.17. The maximum atomic E-state index is 12.9. The average molecular weight is 401 g/mol. The Hall–Kier alpha value is -3.25. The zero-order valence-electron chi connectivity index (χ0n) is 15.9. The van der Waals surface area contributed by atoms with Crippen LogP contribution in [0.2, 0.25) is 0 Å². The van der Waals surface area contributed by atoms with Crippen molar-refractivity contribution in [3.63, 3.8) is 0 Å². The van der Waals surface area contributed by atoms with Crippen molar-refractivity contribution in [2.45, 2.75) is 19.4 Å². The van der Waals surface area contributed by atoms with Crippen LogP contribution < -0.4 is 10.1 Å². The van der Waals surface area contributed by atoms with Crippen LogP contribution in [-0.4, -0.2) is 22.5 Å². The van der Waals surface area contributed by atoms with Gasteiger partial charge in [0.05, 0.1) is 22.9 Å². The Labute approximate surface area is 172 Å². The van der Waals surface area contributed by atoms with Crippen LogP contribution in [0.15, 0.2) is 60.9 Å². The summed E-state index contributed by atoms with van der Waals surface area (Å²) < 4.78 is 6.74. The number of hydrogen-bond acceptors (Lipinski definition) is 5. The highest BCUT2D eigenvalue weighted by Crippen LogP contribution is 2.33. The van der Waals surface area contributed by atoms with E-state index in [1.54, 1.807) is 17.5 Å². The first-order valence-electron chi connectivity index (χ1n) is 9.53. The van der Waals surface area contributed by atoms with E-state index in [2.05, 4.69) is 10.3 Å². The van der Waals surface area contributed by atoms with Crippen molar-refractivity contribution in [3.8, 4) is 16.3 Å². The van der Waals surface area contributed by atoms with Gasteiger partial charge in [-0.3, -0.25) is 9.78 Å². The molecule has 6 heteroatoms. The Morgan fingerprint density at radius 2 is 2.10 bits per heavy atom. The number of fused-ring (bicyclic) bond motifs is 2. The van der Waals surface area contributed by atoms with Gasteiger partial charge in [0.15, 0.2) is 0 Å². The van der Waals surface area contributed by atoms with Crippen molar-refractivity contribution in [1.29, 1.82) is 0 Å². The number of carbonyl (C=O) groups is 1. The van der Waals surface area contributed by atoms with Gasteiger partial charge in [0.2, 0.25) is 0 Å². The topological polar surface area (TPSA) is 64.1 Å². The van der Waals surface area contributed by atoms with Crippen LogP contribution >= 0.6 is 11.3 Å². The van der Waals surface area contributed by atoms with E-state index in [-0.39, 0.29) is 11.9 Å². The molecule has 3 heterocycles. The summed E-state index contributed by atoms with van der Waals surface area (Å²) in [6.07, 6.45) is 4.37. The van der Waals surface area contributed by atoms with Crippen molar-refractivity contribution in [1.82, 2.24) is 15.3 Å². The maximum Gasteiger partial charge on any atom is 0.251 e. The molecule has 1 atom stereocenters. The van der Waals surface area contributed by atoms with Crippen molar-refractivity contribution >= 4 is 27.5 Å². The van der Waals surface area contributed by atoms with Gasteiger partial charge in [0, 0.05) is 35.5 Å². The molecule has 1 amide bonds. The Morgan fingerprint density at radius 3 is 3.00 bits per heavy atom. The lowest BCUT2D eigenvalue weighted by atomic mass is 10.00. The van der Waals surface area contributed by atoms with E-state index in [9.17, 15) is 4.79 Å². The third kappa shape index (κ3) is 3.36. The Kier molecular flexibility index (Phi) is 4.48. The number of pyridine rings is 1. The number of benzene rings is 2. The third-order valence-electron chi connectivity index (χ3n) is 5.18. The molecular formula is C23H19N3O2S. The summed E-state index contributed by atoms with van der Waals surface area (Å²) in [5, 5.41) is 4.07. The number of hydrogen-bond donors (Lipinski definition) is 1. The Balaban J connectivity index is 1.42. The molecule has 0 saturated carbocycles. The molecular weight excluding hydrogens is 382 g/mol. The van der Waals surface area contributed by atoms with E-state index in [1.807, 2.05) is 61.7 Å². The first kappa shape index (κ1) is 17.8. The second-order valence-electron chi connectivity index (χ2n) is 7.09. The van der Waals surface area contributed by atoms with Crippen molar-refractivity contribution in [2.75, 3.05) is 6.61 Å². The SMILES string of the molecule is Cc1ccncc1-c1nc2cc(C(=O)N[C@H]3CCOc4ccccc43)ccc2s1. The van der Waals surface area contributed by atoms with Crippen LogP contribution in [0.3, 0.4) is 0 Å². The molecule has 1 aliphatic heterocycles. The van der Waals surface area contributed by atoms with Crippen molar-refractivity contribution in [3.05, 3.63) is 77.6 Å². The number of amides is 1. The lowest BCUT2D eigenvalue weighted by molar-refractivity contribution is 0.0925. The van der Waals surface area contributed by atoms with Crippen LogP contribution in [0.4, 0.5) is 0 Å². The summed E-state index contributed by atoms with van der Waals surface area (Å²) in [4.78, 5) is 21.9. The number of rotatable bonds is 3. The summed E-state index contributed by atoms with van der Waals surface area (Å²) >= 11 is 1.61. The van der Waals surface area contributed by atoms with E-state index in [4.69, 9.17) is 9.72 Å². The molecule has 0 unspecified atom stereocenters. The monoisotopic (exact) mass is 401 g/mol. The van der Waals surface area contributed by atoms with Crippen LogP contribution in [0.1, 0.15) is 33.9 Å². The summed E-state index contributed by atoms with van der Waals surface area (Å²) in [5.74, 6) is 0.746. The van der Waals surface area contributed by atoms with Gasteiger partial charge < -0.3 is 10.1 Å². The van der Waals surface area contributed by atoms with Crippen LogP contribution in [0, 0.1) is 6.92 Å². The molecule has 1 N–H and O–H groups in total. The highest BCUT2D eigenvalue weighted by Gasteiger charge is 2.23. The number of thiazole rings is 1. The van der Waals surface area contributed by atoms with Crippen LogP contribution in [0.5, 0.6) is 5.75 Å². The summed E-state index contributed by atoms with van der Waals surface area (Å²) in [7, 11) is 0. The van der Waals surface area contributed by atoms with E-state index >= 15 is 0 Å². The lowest BCUT2D eigenvalue weighted by Crippen LogP contribution is -2.32. The van der Waals surface area contributed by atoms with Gasteiger partial charge in [-0.05, 0) is 42.8 Å². The molecule has 2 aromatic heterocycles. The molecule has 0 radical (unpaired) electrons. The first-order valence-corrected chi connectivity index (χ1v) is 10.3. The maximum absolute atomic E-state index is 12.9. The smallest absolute Gasteiger partial charge is 0.251 e. The van der Waals surface area contributed by atoms with E-state index in [0.717, 1.165) is 44.1 Å². The minimum atomic E-state index is -0.0966. The summed E-state index contributed by atoms with van der Waals surface area (Å²) in [6.45, 7) is 2.65. The van der Waals surface area contributed by atoms with Gasteiger partial charge in [-0.1, -0.05) is 18.2 Å². The standard InChI is InChI=1S/C23H19N3O2S/c1-14-8-10-24-13-17(14)23-26-19-12-15(6-7-21(19)29-23)22(27)25-18-9-11-28-20-5-3-2-4-16(18)20/h2-8,10,12-13,18H,9,11H2,1H3,(H,25,27)/t18-/m0/s1. The van der Waals surface area contributed by atoms with Gasteiger partial charge in [-0.15, -0.1) is 11.3 Å². The number of carbonyl (C=O) groups excluding carboxylic acids is 1. The molecule has 5 rings (SSSR count). The van der Waals surface area contributed by atoms with Crippen LogP contribution in [-0.2, 0) is 0 Å². The molecule has 4 aromatic rings. The number of nitrogens with zero attached hydrogens (tertiary/aromatic N) is 2. The molecule has 0 spiro atoms. The molecule has 2 aromatic carbocycles. The number of aryl methyl sites for hydroxylation is 1. The van der Waals surface area contributed by atoms with E-state index < -0.39 is 0 Å². The highest BCUT2D eigenvalue weighted by molar-refractivity contribution is 7.21. The van der Waals surface area contributed by atoms with Gasteiger partial charge in [0.1, 0.15) is 10.8 Å². The molecule has 0 aliphatic carbocycles. The number of nitrogens with one attached hydrogen (secondary N) is 1. The van der Waals surface area contributed by atoms with Gasteiger partial charge in [-0.2, -0.15) is 0 Å². The largest absolute Gasteiger partial charge is 0.493 e. The lowest BCUT2D eigenvalue weighted by Gasteiger charge is -2.26. The molecule has 5 nitrogen and oxygen atoms in total. The van der Waals surface area contributed by atoms with Gasteiger partial charge in [0.25, 0.3) is 5.91 Å². The second kappa shape index (κ2) is 7.29. The van der Waals surface area contributed by atoms with Gasteiger partial charge >= 0.3 is 0 Å². The molecule has 0 saturated heterocycles. The summed E-state index contributed by atoms with van der Waals surface area (Å²) in [5.41, 5.74) is 4.62. The Bertz CT molecular complexity index is 1220. The minimum absolute atomic E-state index is 0.0489. The quantitative estimate of drug-likeness (QED) is 0.529. The molecule has 144 valence electrons. The summed E-state index contributed by atoms with van der Waals surface area (Å²) in [6, 6.07) is 15.5. The molecule has 29 heavy (non-hydrogen) atoms. The predicted molar refractivity (Wildman–Crippen MR) is 114 cm³/mol. The van der Waals surface area contributed by atoms with Crippen molar-refractivity contribution in [2.24, 2.45) is 0 Å². The Morgan fingerprint density at radius 1 is 1.21 bits per heavy atom. The zero-order chi connectivity index (χ0) is 19.8. The normalized spacial score (nSPS) is 15.6. The fourth-order valence-corrected chi connectivity index (χ4v) is 4.63. The van der Waals surface area contributed by atoms with Crippen LogP contribution in [0.25, 0.3) is 20.8 Å². The minimum Gasteiger partial charge on any atom is -0.493 e. The number of ether oxygens (including phenoxy) is 1. The third-order valence-corrected chi connectivity index (χ3v) is 6.25. The second-order valence-corrected chi connectivity index (χ2v) is 8.12. The number of para-hydroxylation sites is 1. The number of aromatic nitrogens is 2. The molecule has 0 fully saturated rings. The first-order chi connectivity index (χ1) is 14.2. The zero-order valence-corrected chi connectivity index (χ0v) is 16.7. The predicted octanol–water partition coefficient (Wildman–Crippen LogP) is 4.92. The fraction of sp³-hybridized carbons (Fsp3) is 0.174. The molecule has 0 bridgehead atoms. The van der Waals surface area contributed by atoms with Crippen molar-refractivity contribution < 1.29 is 9.53 Å². The van der Waals surface area contributed by atoms with E-state index in [0.29, 0.717) is 12.2 Å². The fourth-order valence-electron chi connectivity index (χ4n) is 3.61. The molecule has 1 aliphatic rings. The van der Waals surface area contributed by atoms with E-state index in [1.165, 1.54) is 0 Å².